The number of piperidine rings is 1. The molecule has 1 heterocycles. The Morgan fingerprint density at radius 3 is 2.54 bits per heavy atom. The Bertz CT molecular complexity index is 640. The fourth-order valence-corrected chi connectivity index (χ4v) is 2.93. The van der Waals surface area contributed by atoms with Gasteiger partial charge in [-0.1, -0.05) is 6.08 Å². The van der Waals surface area contributed by atoms with Crippen molar-refractivity contribution in [2.75, 3.05) is 40.4 Å². The van der Waals surface area contributed by atoms with Crippen molar-refractivity contribution in [3.05, 3.63) is 36.4 Å². The van der Waals surface area contributed by atoms with Gasteiger partial charge in [0, 0.05) is 31.2 Å². The second-order valence-electron chi connectivity index (χ2n) is 6.19. The van der Waals surface area contributed by atoms with Gasteiger partial charge in [0.15, 0.2) is 11.5 Å². The third-order valence-electron chi connectivity index (χ3n) is 4.38. The van der Waals surface area contributed by atoms with Crippen LogP contribution in [0.25, 0.3) is 0 Å². The number of hydrogen-bond donors (Lipinski definition) is 2. The minimum atomic E-state index is -0.131. The fourth-order valence-electron chi connectivity index (χ4n) is 2.93. The zero-order chi connectivity index (χ0) is 18.9. The molecule has 0 aliphatic carbocycles. The number of rotatable bonds is 8. The SMILES string of the molecule is C=CCNC(=O)CN1CCC(NC(=O)c2ccc(OC)c(OC)c2)CC1. The summed E-state index contributed by atoms with van der Waals surface area (Å²) in [7, 11) is 3.10. The first kappa shape index (κ1) is 19.8. The maximum atomic E-state index is 12.5. The summed E-state index contributed by atoms with van der Waals surface area (Å²) in [5, 5.41) is 5.83. The first-order valence-electron chi connectivity index (χ1n) is 8.70. The Labute approximate surface area is 154 Å². The van der Waals surface area contributed by atoms with Crippen LogP contribution in [0.2, 0.25) is 0 Å². The third kappa shape index (κ3) is 5.49. The summed E-state index contributed by atoms with van der Waals surface area (Å²) >= 11 is 0. The number of ether oxygens (including phenoxy) is 2. The Hall–Kier alpha value is -2.54. The van der Waals surface area contributed by atoms with Crippen molar-refractivity contribution in [2.24, 2.45) is 0 Å². The number of amides is 2. The van der Waals surface area contributed by atoms with Gasteiger partial charge in [-0.05, 0) is 31.0 Å². The summed E-state index contributed by atoms with van der Waals surface area (Å²) < 4.78 is 10.4. The highest BCUT2D eigenvalue weighted by atomic mass is 16.5. The van der Waals surface area contributed by atoms with Crippen LogP contribution in [0.1, 0.15) is 23.2 Å². The normalized spacial score (nSPS) is 15.2. The Morgan fingerprint density at radius 1 is 1.23 bits per heavy atom. The molecule has 0 radical (unpaired) electrons. The molecule has 0 saturated carbocycles. The number of nitrogens with one attached hydrogen (secondary N) is 2. The maximum Gasteiger partial charge on any atom is 0.251 e. The molecule has 0 atom stereocenters. The molecule has 7 nitrogen and oxygen atoms in total. The van der Waals surface area contributed by atoms with E-state index in [0.717, 1.165) is 25.9 Å². The van der Waals surface area contributed by atoms with Gasteiger partial charge in [-0.2, -0.15) is 0 Å². The maximum absolute atomic E-state index is 12.5. The molecule has 1 aromatic rings. The lowest BCUT2D eigenvalue weighted by atomic mass is 10.0. The highest BCUT2D eigenvalue weighted by Crippen LogP contribution is 2.27. The lowest BCUT2D eigenvalue weighted by Gasteiger charge is -2.31. The molecule has 2 rings (SSSR count). The summed E-state index contributed by atoms with van der Waals surface area (Å²) in [4.78, 5) is 26.3. The van der Waals surface area contributed by atoms with Crippen LogP contribution in [0.4, 0.5) is 0 Å². The molecule has 26 heavy (non-hydrogen) atoms. The highest BCUT2D eigenvalue weighted by Gasteiger charge is 2.22. The summed E-state index contributed by atoms with van der Waals surface area (Å²) in [5.74, 6) is 0.985. The van der Waals surface area contributed by atoms with E-state index in [1.165, 1.54) is 0 Å². The van der Waals surface area contributed by atoms with E-state index in [-0.39, 0.29) is 17.9 Å². The molecule has 7 heteroatoms. The lowest BCUT2D eigenvalue weighted by molar-refractivity contribution is -0.122. The zero-order valence-electron chi connectivity index (χ0n) is 15.4. The van der Waals surface area contributed by atoms with Gasteiger partial charge in [0.25, 0.3) is 5.91 Å². The molecule has 1 aliphatic rings. The van der Waals surface area contributed by atoms with E-state index in [1.54, 1.807) is 38.5 Å². The average molecular weight is 361 g/mol. The quantitative estimate of drug-likeness (QED) is 0.680. The van der Waals surface area contributed by atoms with E-state index in [1.807, 2.05) is 0 Å². The van der Waals surface area contributed by atoms with Crippen molar-refractivity contribution in [2.45, 2.75) is 18.9 Å². The van der Waals surface area contributed by atoms with Gasteiger partial charge in [-0.15, -0.1) is 6.58 Å². The minimum Gasteiger partial charge on any atom is -0.493 e. The van der Waals surface area contributed by atoms with E-state index in [4.69, 9.17) is 9.47 Å². The number of methoxy groups -OCH3 is 2. The Morgan fingerprint density at radius 2 is 1.92 bits per heavy atom. The topological polar surface area (TPSA) is 79.9 Å². The van der Waals surface area contributed by atoms with Crippen LogP contribution in [-0.2, 0) is 4.79 Å². The van der Waals surface area contributed by atoms with E-state index >= 15 is 0 Å². The van der Waals surface area contributed by atoms with Gasteiger partial charge in [0.2, 0.25) is 5.91 Å². The monoisotopic (exact) mass is 361 g/mol. The van der Waals surface area contributed by atoms with Crippen molar-refractivity contribution in [1.29, 1.82) is 0 Å². The predicted molar refractivity (Wildman–Crippen MR) is 99.7 cm³/mol. The van der Waals surface area contributed by atoms with Crippen LogP contribution >= 0.6 is 0 Å². The number of hydrogen-bond acceptors (Lipinski definition) is 5. The van der Waals surface area contributed by atoms with Crippen LogP contribution in [0.3, 0.4) is 0 Å². The highest BCUT2D eigenvalue weighted by molar-refractivity contribution is 5.95. The minimum absolute atomic E-state index is 0.00212. The molecular weight excluding hydrogens is 334 g/mol. The largest absolute Gasteiger partial charge is 0.493 e. The van der Waals surface area contributed by atoms with Gasteiger partial charge in [0.05, 0.1) is 20.8 Å². The molecule has 2 amide bonds. The summed E-state index contributed by atoms with van der Waals surface area (Å²) in [5.41, 5.74) is 0.536. The van der Waals surface area contributed by atoms with Gasteiger partial charge in [0.1, 0.15) is 0 Å². The molecule has 1 aliphatic heterocycles. The fraction of sp³-hybridized carbons (Fsp3) is 0.474. The second kappa shape index (κ2) is 9.82. The summed E-state index contributed by atoms with van der Waals surface area (Å²) in [6, 6.07) is 5.21. The molecule has 0 spiro atoms. The molecule has 1 aromatic carbocycles. The van der Waals surface area contributed by atoms with Crippen molar-refractivity contribution in [3.63, 3.8) is 0 Å². The molecular formula is C19H27N3O4. The zero-order valence-corrected chi connectivity index (χ0v) is 15.4. The lowest BCUT2D eigenvalue weighted by Crippen LogP contribution is -2.47. The Balaban J connectivity index is 1.82. The van der Waals surface area contributed by atoms with Crippen LogP contribution in [0.5, 0.6) is 11.5 Å². The summed E-state index contributed by atoms with van der Waals surface area (Å²) in [6.45, 7) is 5.99. The molecule has 0 aromatic heterocycles. The first-order valence-corrected chi connectivity index (χ1v) is 8.70. The molecule has 1 saturated heterocycles. The number of carbonyl (C=O) groups is 2. The number of likely N-dealkylation sites (tertiary alicyclic amines) is 1. The van der Waals surface area contributed by atoms with Crippen LogP contribution in [0.15, 0.2) is 30.9 Å². The van der Waals surface area contributed by atoms with E-state index in [2.05, 4.69) is 22.1 Å². The molecule has 2 N–H and O–H groups in total. The van der Waals surface area contributed by atoms with E-state index < -0.39 is 0 Å². The van der Waals surface area contributed by atoms with Gasteiger partial charge in [-0.25, -0.2) is 0 Å². The van der Waals surface area contributed by atoms with Crippen molar-refractivity contribution < 1.29 is 19.1 Å². The first-order chi connectivity index (χ1) is 12.6. The second-order valence-corrected chi connectivity index (χ2v) is 6.19. The van der Waals surface area contributed by atoms with E-state index in [0.29, 0.717) is 30.2 Å². The molecule has 1 fully saturated rings. The summed E-state index contributed by atoms with van der Waals surface area (Å²) in [6.07, 6.45) is 3.29. The number of carbonyl (C=O) groups excluding carboxylic acids is 2. The molecule has 0 unspecified atom stereocenters. The van der Waals surface area contributed by atoms with Crippen molar-refractivity contribution in [1.82, 2.24) is 15.5 Å². The smallest absolute Gasteiger partial charge is 0.251 e. The number of benzene rings is 1. The molecule has 142 valence electrons. The van der Waals surface area contributed by atoms with Gasteiger partial charge < -0.3 is 20.1 Å². The van der Waals surface area contributed by atoms with Crippen LogP contribution in [0, 0.1) is 0 Å². The van der Waals surface area contributed by atoms with Gasteiger partial charge in [-0.3, -0.25) is 14.5 Å². The predicted octanol–water partition coefficient (Wildman–Crippen LogP) is 1.20. The van der Waals surface area contributed by atoms with Crippen LogP contribution < -0.4 is 20.1 Å². The van der Waals surface area contributed by atoms with E-state index in [9.17, 15) is 9.59 Å². The molecule has 0 bridgehead atoms. The standard InChI is InChI=1S/C19H27N3O4/c1-4-9-20-18(23)13-22-10-7-15(8-11-22)21-19(24)14-5-6-16(25-2)17(12-14)26-3/h4-6,12,15H,1,7-11,13H2,2-3H3,(H,20,23)(H,21,24). The van der Waals surface area contributed by atoms with Gasteiger partial charge >= 0.3 is 0 Å². The van der Waals surface area contributed by atoms with Crippen molar-refractivity contribution in [3.8, 4) is 11.5 Å². The number of nitrogens with zero attached hydrogens (tertiary/aromatic N) is 1. The van der Waals surface area contributed by atoms with Crippen molar-refractivity contribution >= 4 is 11.8 Å². The third-order valence-corrected chi connectivity index (χ3v) is 4.38. The van der Waals surface area contributed by atoms with Crippen LogP contribution in [-0.4, -0.2) is 63.2 Å². The Kier molecular flexibility index (Phi) is 7.47. The average Bonchev–Trinajstić information content (AvgIpc) is 2.67.